The summed E-state index contributed by atoms with van der Waals surface area (Å²) in [6.45, 7) is 7.13. The van der Waals surface area contributed by atoms with Crippen molar-refractivity contribution in [2.24, 2.45) is 11.8 Å². The van der Waals surface area contributed by atoms with Gasteiger partial charge >= 0.3 is 0 Å². The Morgan fingerprint density at radius 1 is 1.15 bits per heavy atom. The van der Waals surface area contributed by atoms with Gasteiger partial charge in [-0.25, -0.2) is 0 Å². The molecule has 3 nitrogen and oxygen atoms in total. The van der Waals surface area contributed by atoms with Crippen molar-refractivity contribution in [2.45, 2.75) is 71.3 Å². The molecule has 1 saturated heterocycles. The predicted molar refractivity (Wildman–Crippen MR) is 83.6 cm³/mol. The normalized spacial score (nSPS) is 27.9. The van der Waals surface area contributed by atoms with Crippen LogP contribution in [0.1, 0.15) is 65.2 Å². The molecular formula is C17H32N2O. The van der Waals surface area contributed by atoms with Crippen LogP contribution in [0.2, 0.25) is 0 Å². The van der Waals surface area contributed by atoms with Crippen LogP contribution >= 0.6 is 0 Å². The summed E-state index contributed by atoms with van der Waals surface area (Å²) in [6.07, 6.45) is 10.2. The average Bonchev–Trinajstić information content (AvgIpc) is 2.45. The van der Waals surface area contributed by atoms with Gasteiger partial charge in [0.05, 0.1) is 6.54 Å². The van der Waals surface area contributed by atoms with Crippen LogP contribution in [-0.4, -0.2) is 36.5 Å². The Morgan fingerprint density at radius 3 is 2.60 bits per heavy atom. The summed E-state index contributed by atoms with van der Waals surface area (Å²) in [5, 5.41) is 3.53. The lowest BCUT2D eigenvalue weighted by Crippen LogP contribution is -2.44. The number of carbonyl (C=O) groups excluding carboxylic acids is 1. The molecule has 2 fully saturated rings. The van der Waals surface area contributed by atoms with Crippen LogP contribution in [0.5, 0.6) is 0 Å². The molecule has 2 rings (SSSR count). The Balaban J connectivity index is 1.68. The van der Waals surface area contributed by atoms with Crippen molar-refractivity contribution >= 4 is 5.91 Å². The van der Waals surface area contributed by atoms with Crippen molar-refractivity contribution in [1.82, 2.24) is 10.2 Å². The zero-order valence-corrected chi connectivity index (χ0v) is 13.4. The topological polar surface area (TPSA) is 32.3 Å². The van der Waals surface area contributed by atoms with Crippen molar-refractivity contribution in [3.63, 3.8) is 0 Å². The molecule has 3 heteroatoms. The smallest absolute Gasteiger partial charge is 0.236 e. The van der Waals surface area contributed by atoms with Crippen LogP contribution in [-0.2, 0) is 4.79 Å². The molecule has 1 aliphatic heterocycles. The highest BCUT2D eigenvalue weighted by atomic mass is 16.2. The quantitative estimate of drug-likeness (QED) is 0.839. The summed E-state index contributed by atoms with van der Waals surface area (Å²) in [6, 6.07) is 0.571. The zero-order chi connectivity index (χ0) is 14.4. The molecule has 0 aromatic carbocycles. The number of hydrogen-bond donors (Lipinski definition) is 1. The van der Waals surface area contributed by atoms with E-state index in [2.05, 4.69) is 19.2 Å². The fourth-order valence-corrected chi connectivity index (χ4v) is 3.84. The SMILES string of the molecule is CC(C)CC1CCCC(NCC(=O)N2CCCCC2)C1. The molecule has 2 aliphatic rings. The first-order valence-electron chi connectivity index (χ1n) is 8.66. The number of carbonyl (C=O) groups is 1. The first kappa shape index (κ1) is 15.8. The summed E-state index contributed by atoms with van der Waals surface area (Å²) in [7, 11) is 0. The minimum atomic E-state index is 0.315. The van der Waals surface area contributed by atoms with E-state index in [1.54, 1.807) is 0 Å². The van der Waals surface area contributed by atoms with Gasteiger partial charge in [-0.3, -0.25) is 4.79 Å². The highest BCUT2D eigenvalue weighted by Gasteiger charge is 2.23. The van der Waals surface area contributed by atoms with Crippen molar-refractivity contribution < 1.29 is 4.79 Å². The third-order valence-electron chi connectivity index (χ3n) is 4.84. The van der Waals surface area contributed by atoms with Crippen LogP contribution in [0.15, 0.2) is 0 Å². The Kier molecular flexibility index (Phi) is 6.34. The van der Waals surface area contributed by atoms with Gasteiger partial charge in [0.2, 0.25) is 5.91 Å². The number of rotatable bonds is 5. The van der Waals surface area contributed by atoms with E-state index in [-0.39, 0.29) is 0 Å². The van der Waals surface area contributed by atoms with E-state index in [9.17, 15) is 4.79 Å². The van der Waals surface area contributed by atoms with Gasteiger partial charge in [-0.2, -0.15) is 0 Å². The summed E-state index contributed by atoms with van der Waals surface area (Å²) in [4.78, 5) is 14.2. The molecule has 1 saturated carbocycles. The number of nitrogens with one attached hydrogen (secondary N) is 1. The fourth-order valence-electron chi connectivity index (χ4n) is 3.84. The highest BCUT2D eigenvalue weighted by Crippen LogP contribution is 2.29. The molecule has 1 aliphatic carbocycles. The standard InChI is InChI=1S/C17H32N2O/c1-14(2)11-15-7-6-8-16(12-15)18-13-17(20)19-9-4-3-5-10-19/h14-16,18H,3-13H2,1-2H3. The van der Waals surface area contributed by atoms with Gasteiger partial charge in [-0.1, -0.05) is 26.7 Å². The second-order valence-corrected chi connectivity index (χ2v) is 7.18. The van der Waals surface area contributed by atoms with Crippen LogP contribution in [0.3, 0.4) is 0 Å². The van der Waals surface area contributed by atoms with E-state index in [1.165, 1.54) is 51.4 Å². The molecule has 0 aromatic heterocycles. The first-order valence-corrected chi connectivity index (χ1v) is 8.66. The summed E-state index contributed by atoms with van der Waals surface area (Å²) < 4.78 is 0. The maximum atomic E-state index is 12.2. The average molecular weight is 280 g/mol. The summed E-state index contributed by atoms with van der Waals surface area (Å²) in [5.41, 5.74) is 0. The van der Waals surface area contributed by atoms with Gasteiger partial charge in [0, 0.05) is 19.1 Å². The van der Waals surface area contributed by atoms with Crippen LogP contribution in [0.25, 0.3) is 0 Å². The number of hydrogen-bond acceptors (Lipinski definition) is 2. The summed E-state index contributed by atoms with van der Waals surface area (Å²) >= 11 is 0. The third kappa shape index (κ3) is 5.08. The Hall–Kier alpha value is -0.570. The summed E-state index contributed by atoms with van der Waals surface area (Å²) in [5.74, 6) is 1.98. The maximum absolute atomic E-state index is 12.2. The third-order valence-corrected chi connectivity index (χ3v) is 4.84. The van der Waals surface area contributed by atoms with E-state index < -0.39 is 0 Å². The van der Waals surface area contributed by atoms with Crippen LogP contribution < -0.4 is 5.32 Å². The van der Waals surface area contributed by atoms with Gasteiger partial charge in [-0.15, -0.1) is 0 Å². The Bertz CT molecular complexity index is 297. The molecule has 2 unspecified atom stereocenters. The maximum Gasteiger partial charge on any atom is 0.236 e. The molecule has 0 radical (unpaired) electrons. The van der Waals surface area contributed by atoms with Crippen LogP contribution in [0.4, 0.5) is 0 Å². The molecule has 20 heavy (non-hydrogen) atoms. The predicted octanol–water partition coefficient (Wildman–Crippen LogP) is 3.19. The Labute approximate surface area is 124 Å². The lowest BCUT2D eigenvalue weighted by molar-refractivity contribution is -0.131. The van der Waals surface area contributed by atoms with Gasteiger partial charge < -0.3 is 10.2 Å². The second kappa shape index (κ2) is 8.02. The fraction of sp³-hybridized carbons (Fsp3) is 0.941. The zero-order valence-electron chi connectivity index (χ0n) is 13.4. The Morgan fingerprint density at radius 2 is 1.90 bits per heavy atom. The van der Waals surface area contributed by atoms with E-state index >= 15 is 0 Å². The number of piperidine rings is 1. The second-order valence-electron chi connectivity index (χ2n) is 7.18. The number of amides is 1. The molecule has 0 aromatic rings. The lowest BCUT2D eigenvalue weighted by atomic mass is 9.81. The molecule has 1 amide bonds. The number of likely N-dealkylation sites (tertiary alicyclic amines) is 1. The molecular weight excluding hydrogens is 248 g/mol. The highest BCUT2D eigenvalue weighted by molar-refractivity contribution is 5.78. The molecule has 0 bridgehead atoms. The molecule has 2 atom stereocenters. The van der Waals surface area contributed by atoms with Crippen molar-refractivity contribution in [3.8, 4) is 0 Å². The number of nitrogens with zero attached hydrogens (tertiary/aromatic N) is 1. The molecule has 1 N–H and O–H groups in total. The minimum Gasteiger partial charge on any atom is -0.342 e. The van der Waals surface area contributed by atoms with Gasteiger partial charge in [0.1, 0.15) is 0 Å². The van der Waals surface area contributed by atoms with Crippen molar-refractivity contribution in [2.75, 3.05) is 19.6 Å². The van der Waals surface area contributed by atoms with Crippen molar-refractivity contribution in [1.29, 1.82) is 0 Å². The monoisotopic (exact) mass is 280 g/mol. The van der Waals surface area contributed by atoms with Gasteiger partial charge in [0.25, 0.3) is 0 Å². The van der Waals surface area contributed by atoms with Crippen molar-refractivity contribution in [3.05, 3.63) is 0 Å². The van der Waals surface area contributed by atoms with Crippen LogP contribution in [0, 0.1) is 11.8 Å². The van der Waals surface area contributed by atoms with E-state index in [0.29, 0.717) is 18.5 Å². The first-order chi connectivity index (χ1) is 9.65. The minimum absolute atomic E-state index is 0.315. The van der Waals surface area contributed by atoms with Gasteiger partial charge in [0.15, 0.2) is 0 Å². The molecule has 0 spiro atoms. The van der Waals surface area contributed by atoms with E-state index in [4.69, 9.17) is 0 Å². The van der Waals surface area contributed by atoms with Gasteiger partial charge in [-0.05, 0) is 50.4 Å². The van der Waals surface area contributed by atoms with E-state index in [0.717, 1.165) is 24.9 Å². The molecule has 1 heterocycles. The molecule has 116 valence electrons. The largest absolute Gasteiger partial charge is 0.342 e. The lowest BCUT2D eigenvalue weighted by Gasteiger charge is -2.32. The van der Waals surface area contributed by atoms with E-state index in [1.807, 2.05) is 4.90 Å².